The first-order valence-corrected chi connectivity index (χ1v) is 5.62. The lowest BCUT2D eigenvalue weighted by molar-refractivity contribution is 0.914. The molecule has 3 heteroatoms. The Bertz CT molecular complexity index is 349. The van der Waals surface area contributed by atoms with Crippen LogP contribution in [0.1, 0.15) is 25.1 Å². The number of hydrogen-bond acceptors (Lipinski definition) is 3. The van der Waals surface area contributed by atoms with Gasteiger partial charge in [-0.25, -0.2) is 4.98 Å². The summed E-state index contributed by atoms with van der Waals surface area (Å²) in [6.45, 7) is 9.41. The predicted molar refractivity (Wildman–Crippen MR) is 69.6 cm³/mol. The van der Waals surface area contributed by atoms with E-state index in [1.807, 2.05) is 20.0 Å². The molecule has 2 N–H and O–H groups in total. The minimum atomic E-state index is 0.559. The molecular weight excluding hydrogens is 198 g/mol. The lowest BCUT2D eigenvalue weighted by Gasteiger charge is -2.19. The van der Waals surface area contributed by atoms with Gasteiger partial charge in [0, 0.05) is 25.8 Å². The highest BCUT2D eigenvalue weighted by Crippen LogP contribution is 2.15. The number of anilines is 1. The molecule has 0 amide bonds. The van der Waals surface area contributed by atoms with Gasteiger partial charge >= 0.3 is 0 Å². The van der Waals surface area contributed by atoms with Crippen LogP contribution in [0.4, 0.5) is 5.82 Å². The quantitative estimate of drug-likeness (QED) is 0.771. The van der Waals surface area contributed by atoms with Crippen LogP contribution in [0, 0.1) is 0 Å². The second kappa shape index (κ2) is 5.66. The number of pyridine rings is 1. The molecule has 0 fully saturated rings. The van der Waals surface area contributed by atoms with E-state index >= 15 is 0 Å². The Morgan fingerprint density at radius 3 is 2.69 bits per heavy atom. The van der Waals surface area contributed by atoms with Crippen molar-refractivity contribution in [3.63, 3.8) is 0 Å². The Balaban J connectivity index is 2.97. The molecule has 1 aromatic rings. The first-order chi connectivity index (χ1) is 7.56. The number of likely N-dealkylation sites (N-methyl/N-ethyl adjacent to an activating group) is 1. The molecule has 1 rings (SSSR count). The van der Waals surface area contributed by atoms with Crippen molar-refractivity contribution in [2.75, 3.05) is 18.5 Å². The molecule has 16 heavy (non-hydrogen) atoms. The van der Waals surface area contributed by atoms with Crippen molar-refractivity contribution in [1.29, 1.82) is 0 Å². The zero-order valence-electron chi connectivity index (χ0n) is 10.5. The normalized spacial score (nSPS) is 10.2. The molecule has 0 saturated carbocycles. The molecule has 0 atom stereocenters. The van der Waals surface area contributed by atoms with Crippen LogP contribution in [0.3, 0.4) is 0 Å². The summed E-state index contributed by atoms with van der Waals surface area (Å²) in [6.07, 6.45) is 0.932. The Labute approximate surface area is 98.0 Å². The van der Waals surface area contributed by atoms with Crippen molar-refractivity contribution in [3.8, 4) is 0 Å². The average Bonchev–Trinajstić information content (AvgIpc) is 2.27. The summed E-state index contributed by atoms with van der Waals surface area (Å²) in [5.74, 6) is 0.975. The van der Waals surface area contributed by atoms with Crippen molar-refractivity contribution in [2.24, 2.45) is 5.73 Å². The van der Waals surface area contributed by atoms with Gasteiger partial charge in [0.25, 0.3) is 0 Å². The zero-order chi connectivity index (χ0) is 12.1. The zero-order valence-corrected chi connectivity index (χ0v) is 10.5. The van der Waals surface area contributed by atoms with Gasteiger partial charge in [0.2, 0.25) is 0 Å². The molecule has 0 aliphatic carbocycles. The molecular formula is C13H21N3. The van der Waals surface area contributed by atoms with Gasteiger partial charge in [0.15, 0.2) is 0 Å². The van der Waals surface area contributed by atoms with Crippen molar-refractivity contribution >= 4 is 5.82 Å². The van der Waals surface area contributed by atoms with Gasteiger partial charge in [0.05, 0.1) is 0 Å². The molecule has 1 heterocycles. The van der Waals surface area contributed by atoms with Gasteiger partial charge in [-0.2, -0.15) is 0 Å². The first kappa shape index (κ1) is 12.7. The predicted octanol–water partition coefficient (Wildman–Crippen LogP) is 2.12. The van der Waals surface area contributed by atoms with Crippen LogP contribution in [0.2, 0.25) is 0 Å². The molecule has 1 aromatic heterocycles. The number of hydrogen-bond donors (Lipinski definition) is 1. The highest BCUT2D eigenvalue weighted by molar-refractivity contribution is 5.43. The second-order valence-corrected chi connectivity index (χ2v) is 4.20. The van der Waals surface area contributed by atoms with Crippen LogP contribution in [0.5, 0.6) is 0 Å². The fraction of sp³-hybridized carbons (Fsp3) is 0.462. The summed E-state index contributed by atoms with van der Waals surface area (Å²) in [5.41, 5.74) is 9.03. The van der Waals surface area contributed by atoms with Crippen molar-refractivity contribution in [3.05, 3.63) is 35.5 Å². The minimum absolute atomic E-state index is 0.559. The minimum Gasteiger partial charge on any atom is -0.356 e. The Morgan fingerprint density at radius 1 is 1.50 bits per heavy atom. The van der Waals surface area contributed by atoms with Gasteiger partial charge in [-0.15, -0.1) is 0 Å². The molecule has 0 saturated heterocycles. The number of nitrogens with two attached hydrogens (primary N) is 1. The SMILES string of the molecule is C=C(C)CN(C)c1cc(CN)cc(CC)n1. The smallest absolute Gasteiger partial charge is 0.129 e. The summed E-state index contributed by atoms with van der Waals surface area (Å²) >= 11 is 0. The largest absolute Gasteiger partial charge is 0.356 e. The van der Waals surface area contributed by atoms with E-state index in [0.29, 0.717) is 6.54 Å². The Kier molecular flexibility index (Phi) is 4.50. The summed E-state index contributed by atoms with van der Waals surface area (Å²) in [6, 6.07) is 4.11. The third-order valence-corrected chi connectivity index (χ3v) is 2.42. The van der Waals surface area contributed by atoms with E-state index in [-0.39, 0.29) is 0 Å². The molecule has 0 spiro atoms. The van der Waals surface area contributed by atoms with E-state index in [4.69, 9.17) is 5.73 Å². The molecule has 0 aromatic carbocycles. The van der Waals surface area contributed by atoms with Crippen molar-refractivity contribution in [2.45, 2.75) is 26.8 Å². The maximum atomic E-state index is 5.68. The third kappa shape index (κ3) is 3.35. The fourth-order valence-electron chi connectivity index (χ4n) is 1.61. The summed E-state index contributed by atoms with van der Waals surface area (Å²) in [4.78, 5) is 6.68. The van der Waals surface area contributed by atoms with E-state index in [9.17, 15) is 0 Å². The van der Waals surface area contributed by atoms with Crippen LogP contribution in [0.15, 0.2) is 24.3 Å². The number of aryl methyl sites for hydroxylation is 1. The number of aromatic nitrogens is 1. The molecule has 88 valence electrons. The monoisotopic (exact) mass is 219 g/mol. The summed E-state index contributed by atoms with van der Waals surface area (Å²) in [5, 5.41) is 0. The number of nitrogens with zero attached hydrogens (tertiary/aromatic N) is 2. The van der Waals surface area contributed by atoms with Crippen LogP contribution < -0.4 is 10.6 Å². The van der Waals surface area contributed by atoms with Gasteiger partial charge in [-0.3, -0.25) is 0 Å². The topological polar surface area (TPSA) is 42.1 Å². The summed E-state index contributed by atoms with van der Waals surface area (Å²) in [7, 11) is 2.02. The van der Waals surface area contributed by atoms with Gasteiger partial charge in [-0.1, -0.05) is 19.1 Å². The van der Waals surface area contributed by atoms with Crippen molar-refractivity contribution < 1.29 is 0 Å². The standard InChI is InChI=1S/C13H21N3/c1-5-12-6-11(8-14)7-13(15-12)16(4)9-10(2)3/h6-7H,2,5,8-9,14H2,1,3-4H3. The van der Waals surface area contributed by atoms with Crippen molar-refractivity contribution in [1.82, 2.24) is 4.98 Å². The van der Waals surface area contributed by atoms with E-state index in [2.05, 4.69) is 29.5 Å². The van der Waals surface area contributed by atoms with E-state index < -0.39 is 0 Å². The maximum absolute atomic E-state index is 5.68. The third-order valence-electron chi connectivity index (χ3n) is 2.42. The van der Waals surface area contributed by atoms with Crippen LogP contribution in [0.25, 0.3) is 0 Å². The molecule has 0 aliphatic rings. The molecule has 3 nitrogen and oxygen atoms in total. The van der Waals surface area contributed by atoms with Crippen LogP contribution in [-0.2, 0) is 13.0 Å². The average molecular weight is 219 g/mol. The van der Waals surface area contributed by atoms with Gasteiger partial charge < -0.3 is 10.6 Å². The van der Waals surface area contributed by atoms with Crippen LogP contribution >= 0.6 is 0 Å². The van der Waals surface area contributed by atoms with E-state index in [0.717, 1.165) is 35.6 Å². The van der Waals surface area contributed by atoms with Crippen LogP contribution in [-0.4, -0.2) is 18.6 Å². The highest BCUT2D eigenvalue weighted by atomic mass is 15.2. The second-order valence-electron chi connectivity index (χ2n) is 4.20. The fourth-order valence-corrected chi connectivity index (χ4v) is 1.61. The lowest BCUT2D eigenvalue weighted by Crippen LogP contribution is -2.21. The van der Waals surface area contributed by atoms with E-state index in [1.54, 1.807) is 0 Å². The first-order valence-electron chi connectivity index (χ1n) is 5.62. The lowest BCUT2D eigenvalue weighted by atomic mass is 10.2. The molecule has 0 unspecified atom stereocenters. The van der Waals surface area contributed by atoms with Gasteiger partial charge in [-0.05, 0) is 31.0 Å². The van der Waals surface area contributed by atoms with E-state index in [1.165, 1.54) is 0 Å². The summed E-state index contributed by atoms with van der Waals surface area (Å²) < 4.78 is 0. The molecule has 0 radical (unpaired) electrons. The maximum Gasteiger partial charge on any atom is 0.129 e. The number of rotatable bonds is 5. The van der Waals surface area contributed by atoms with Gasteiger partial charge in [0.1, 0.15) is 5.82 Å². The highest BCUT2D eigenvalue weighted by Gasteiger charge is 2.05. The molecule has 0 aliphatic heterocycles. The molecule has 0 bridgehead atoms. The Morgan fingerprint density at radius 2 is 2.19 bits per heavy atom. The Hall–Kier alpha value is -1.35.